The van der Waals surface area contributed by atoms with Gasteiger partial charge < -0.3 is 15.4 Å². The summed E-state index contributed by atoms with van der Waals surface area (Å²) in [7, 11) is 0. The van der Waals surface area contributed by atoms with Crippen LogP contribution in [0.4, 0.5) is 5.82 Å². The number of aromatic nitrogens is 4. The van der Waals surface area contributed by atoms with E-state index in [2.05, 4.69) is 10.1 Å². The molecule has 4 aromatic rings. The Labute approximate surface area is 179 Å². The van der Waals surface area contributed by atoms with Crippen molar-refractivity contribution in [2.24, 2.45) is 0 Å². The second-order valence-corrected chi connectivity index (χ2v) is 7.65. The Morgan fingerprint density at radius 3 is 2.74 bits per heavy atom. The van der Waals surface area contributed by atoms with E-state index in [0.717, 1.165) is 22.7 Å². The number of carbonyl (C=O) groups is 1. The summed E-state index contributed by atoms with van der Waals surface area (Å²) in [5.41, 5.74) is 9.55. The summed E-state index contributed by atoms with van der Waals surface area (Å²) in [6.45, 7) is 3.30. The largest absolute Gasteiger partial charge is 0.489 e. The van der Waals surface area contributed by atoms with E-state index in [-0.39, 0.29) is 11.8 Å². The smallest absolute Gasteiger partial charge is 0.219 e. The Balaban J connectivity index is 1.48. The average molecular weight is 414 g/mol. The Kier molecular flexibility index (Phi) is 4.74. The predicted molar refractivity (Wildman–Crippen MR) is 116 cm³/mol. The molecule has 1 amide bonds. The standard InChI is InChI=1S/C23H22N6O2/c1-15(30)28-11-18(12-28)23-27-20(21-22(24)25-14-26-29(21)23)17-8-5-9-19(10-17)31-13-16-6-3-2-4-7-16/h2-10,14,18H,11-13H2,1H3,(H2,24,25,26). The summed E-state index contributed by atoms with van der Waals surface area (Å²) in [5, 5.41) is 4.39. The number of nitrogens with two attached hydrogens (primary N) is 1. The molecule has 1 saturated heterocycles. The van der Waals surface area contributed by atoms with E-state index in [4.69, 9.17) is 15.5 Å². The fourth-order valence-electron chi connectivity index (χ4n) is 3.82. The fraction of sp³-hybridized carbons (Fsp3) is 0.217. The van der Waals surface area contributed by atoms with Gasteiger partial charge in [0.25, 0.3) is 0 Å². The van der Waals surface area contributed by atoms with E-state index in [9.17, 15) is 4.79 Å². The lowest BCUT2D eigenvalue weighted by Gasteiger charge is -2.37. The predicted octanol–water partition coefficient (Wildman–Crippen LogP) is 2.90. The normalized spacial score (nSPS) is 13.9. The first-order valence-corrected chi connectivity index (χ1v) is 10.1. The molecule has 8 heteroatoms. The second kappa shape index (κ2) is 7.71. The van der Waals surface area contributed by atoms with E-state index >= 15 is 0 Å². The van der Waals surface area contributed by atoms with Crippen molar-refractivity contribution in [2.75, 3.05) is 18.8 Å². The van der Waals surface area contributed by atoms with Gasteiger partial charge in [0.15, 0.2) is 5.82 Å². The summed E-state index contributed by atoms with van der Waals surface area (Å²) in [4.78, 5) is 22.4. The van der Waals surface area contributed by atoms with Gasteiger partial charge in [-0.15, -0.1) is 0 Å². The number of nitrogens with zero attached hydrogens (tertiary/aromatic N) is 5. The van der Waals surface area contributed by atoms with E-state index in [1.807, 2.05) is 54.6 Å². The topological polar surface area (TPSA) is 98.6 Å². The zero-order chi connectivity index (χ0) is 21.4. The van der Waals surface area contributed by atoms with Crippen molar-refractivity contribution in [1.29, 1.82) is 0 Å². The minimum atomic E-state index is 0.0646. The van der Waals surface area contributed by atoms with Crippen LogP contribution in [0.25, 0.3) is 16.8 Å². The maximum Gasteiger partial charge on any atom is 0.219 e. The van der Waals surface area contributed by atoms with E-state index in [1.165, 1.54) is 6.33 Å². The first-order valence-electron chi connectivity index (χ1n) is 10.1. The molecule has 1 aliphatic heterocycles. The molecule has 8 nitrogen and oxygen atoms in total. The molecular formula is C23H22N6O2. The first-order chi connectivity index (χ1) is 15.1. The highest BCUT2D eigenvalue weighted by molar-refractivity contribution is 5.85. The van der Waals surface area contributed by atoms with E-state index in [1.54, 1.807) is 16.3 Å². The molecule has 0 saturated carbocycles. The first kappa shape index (κ1) is 19.0. The van der Waals surface area contributed by atoms with Gasteiger partial charge in [0.2, 0.25) is 5.91 Å². The van der Waals surface area contributed by atoms with Gasteiger partial charge in [0.1, 0.15) is 35.7 Å². The maximum absolute atomic E-state index is 11.6. The van der Waals surface area contributed by atoms with Crippen molar-refractivity contribution in [2.45, 2.75) is 19.4 Å². The molecule has 0 unspecified atom stereocenters. The third kappa shape index (κ3) is 3.56. The van der Waals surface area contributed by atoms with Crippen LogP contribution >= 0.6 is 0 Å². The van der Waals surface area contributed by atoms with Crippen LogP contribution in [0.5, 0.6) is 5.75 Å². The quantitative estimate of drug-likeness (QED) is 0.539. The number of rotatable bonds is 5. The van der Waals surface area contributed by atoms with Crippen LogP contribution in [0.15, 0.2) is 60.9 Å². The van der Waals surface area contributed by atoms with Crippen LogP contribution in [-0.2, 0) is 11.4 Å². The van der Waals surface area contributed by atoms with Crippen LogP contribution in [0.1, 0.15) is 24.2 Å². The number of imidazole rings is 1. The van der Waals surface area contributed by atoms with Gasteiger partial charge in [-0.1, -0.05) is 42.5 Å². The molecule has 0 bridgehead atoms. The van der Waals surface area contributed by atoms with Gasteiger partial charge in [0.05, 0.1) is 5.92 Å². The molecule has 31 heavy (non-hydrogen) atoms. The molecule has 2 N–H and O–H groups in total. The third-order valence-corrected chi connectivity index (χ3v) is 5.53. The van der Waals surface area contributed by atoms with Crippen molar-refractivity contribution >= 4 is 17.2 Å². The molecule has 2 aromatic carbocycles. The molecule has 0 atom stereocenters. The summed E-state index contributed by atoms with van der Waals surface area (Å²) < 4.78 is 7.73. The zero-order valence-corrected chi connectivity index (χ0v) is 17.1. The molecule has 156 valence electrons. The van der Waals surface area contributed by atoms with Crippen molar-refractivity contribution in [3.05, 3.63) is 72.3 Å². The number of nitrogen functional groups attached to an aromatic ring is 1. The molecular weight excluding hydrogens is 392 g/mol. The maximum atomic E-state index is 11.6. The summed E-state index contributed by atoms with van der Waals surface area (Å²) in [6, 6.07) is 17.8. The lowest BCUT2D eigenvalue weighted by molar-refractivity contribution is -0.133. The second-order valence-electron chi connectivity index (χ2n) is 7.65. The molecule has 0 aliphatic carbocycles. The fourth-order valence-corrected chi connectivity index (χ4v) is 3.82. The number of fused-ring (bicyclic) bond motifs is 1. The number of hydrogen-bond acceptors (Lipinski definition) is 6. The van der Waals surface area contributed by atoms with E-state index in [0.29, 0.717) is 36.7 Å². The van der Waals surface area contributed by atoms with Crippen molar-refractivity contribution < 1.29 is 9.53 Å². The van der Waals surface area contributed by atoms with Crippen LogP contribution in [-0.4, -0.2) is 43.5 Å². The highest BCUT2D eigenvalue weighted by Gasteiger charge is 2.34. The minimum absolute atomic E-state index is 0.0646. The SMILES string of the molecule is CC(=O)N1CC(c2nc(-c3cccc(OCc4ccccc4)c3)c3c(N)ncnn23)C1. The number of carbonyl (C=O) groups excluding carboxylic acids is 1. The minimum Gasteiger partial charge on any atom is -0.489 e. The number of benzene rings is 2. The zero-order valence-electron chi connectivity index (χ0n) is 17.1. The van der Waals surface area contributed by atoms with Crippen LogP contribution in [0, 0.1) is 0 Å². The van der Waals surface area contributed by atoms with Gasteiger partial charge in [-0.2, -0.15) is 5.10 Å². The van der Waals surface area contributed by atoms with Gasteiger partial charge in [-0.25, -0.2) is 14.5 Å². The van der Waals surface area contributed by atoms with Crippen LogP contribution in [0.3, 0.4) is 0 Å². The van der Waals surface area contributed by atoms with Gasteiger partial charge >= 0.3 is 0 Å². The number of ether oxygens (including phenoxy) is 1. The molecule has 2 aromatic heterocycles. The number of hydrogen-bond donors (Lipinski definition) is 1. The number of likely N-dealkylation sites (tertiary alicyclic amines) is 1. The van der Waals surface area contributed by atoms with Gasteiger partial charge in [-0.3, -0.25) is 4.79 Å². The monoisotopic (exact) mass is 414 g/mol. The lowest BCUT2D eigenvalue weighted by Crippen LogP contribution is -2.48. The average Bonchev–Trinajstić information content (AvgIpc) is 3.13. The molecule has 3 heterocycles. The van der Waals surface area contributed by atoms with Crippen molar-refractivity contribution in [3.63, 3.8) is 0 Å². The molecule has 1 aliphatic rings. The lowest BCUT2D eigenvalue weighted by atomic mass is 9.99. The van der Waals surface area contributed by atoms with Crippen molar-refractivity contribution in [1.82, 2.24) is 24.5 Å². The van der Waals surface area contributed by atoms with E-state index < -0.39 is 0 Å². The summed E-state index contributed by atoms with van der Waals surface area (Å²) in [5.74, 6) is 2.06. The van der Waals surface area contributed by atoms with Gasteiger partial charge in [-0.05, 0) is 17.7 Å². The Morgan fingerprint density at radius 1 is 1.16 bits per heavy atom. The molecule has 0 radical (unpaired) electrons. The molecule has 0 spiro atoms. The summed E-state index contributed by atoms with van der Waals surface area (Å²) >= 11 is 0. The van der Waals surface area contributed by atoms with Crippen molar-refractivity contribution in [3.8, 4) is 17.0 Å². The Morgan fingerprint density at radius 2 is 1.97 bits per heavy atom. The number of anilines is 1. The Hall–Kier alpha value is -3.94. The molecule has 1 fully saturated rings. The molecule has 5 rings (SSSR count). The van der Waals surface area contributed by atoms with Crippen LogP contribution in [0.2, 0.25) is 0 Å². The highest BCUT2D eigenvalue weighted by atomic mass is 16.5. The van der Waals surface area contributed by atoms with Crippen LogP contribution < -0.4 is 10.5 Å². The third-order valence-electron chi connectivity index (χ3n) is 5.53. The number of amides is 1. The van der Waals surface area contributed by atoms with Gasteiger partial charge in [0, 0.05) is 25.6 Å². The Bertz CT molecular complexity index is 1250. The summed E-state index contributed by atoms with van der Waals surface area (Å²) in [6.07, 6.45) is 1.43. The highest BCUT2D eigenvalue weighted by Crippen LogP contribution is 2.34.